The highest BCUT2D eigenvalue weighted by Gasteiger charge is 2.31. The molecule has 2 aliphatic rings. The zero-order chi connectivity index (χ0) is 33.0. The van der Waals surface area contributed by atoms with E-state index in [1.165, 1.54) is 18.2 Å². The lowest BCUT2D eigenvalue weighted by Crippen LogP contribution is -2.40. The van der Waals surface area contributed by atoms with E-state index in [0.29, 0.717) is 40.8 Å². The highest BCUT2D eigenvalue weighted by molar-refractivity contribution is 7.15. The van der Waals surface area contributed by atoms with Crippen molar-refractivity contribution in [1.82, 2.24) is 10.3 Å². The van der Waals surface area contributed by atoms with Crippen LogP contribution in [-0.2, 0) is 28.9 Å². The number of carbonyl (C=O) groups is 2. The molecule has 0 bridgehead atoms. The van der Waals surface area contributed by atoms with Crippen molar-refractivity contribution in [2.75, 3.05) is 32.0 Å². The SMILES string of the molecule is CC[C@H](C)[C@H](Nc1ccc2c(cc1=O)[C@@H](NC(C)=O)CCc1cc(OC)c(OC)c(OC)c1-2)C(=O)Nc1nc2c(s1)CCCCC2. The van der Waals surface area contributed by atoms with Crippen LogP contribution >= 0.6 is 11.3 Å². The molecule has 0 spiro atoms. The van der Waals surface area contributed by atoms with E-state index in [4.69, 9.17) is 19.2 Å². The number of rotatable bonds is 10. The van der Waals surface area contributed by atoms with Gasteiger partial charge in [-0.3, -0.25) is 14.4 Å². The lowest BCUT2D eigenvalue weighted by Gasteiger charge is -2.23. The van der Waals surface area contributed by atoms with Gasteiger partial charge < -0.3 is 30.2 Å². The minimum Gasteiger partial charge on any atom is -0.493 e. The van der Waals surface area contributed by atoms with Gasteiger partial charge in [-0.1, -0.05) is 32.8 Å². The van der Waals surface area contributed by atoms with Gasteiger partial charge in [-0.05, 0) is 79.3 Å². The zero-order valence-corrected chi connectivity index (χ0v) is 28.3. The molecule has 2 aromatic carbocycles. The highest BCUT2D eigenvalue weighted by atomic mass is 32.1. The number of nitrogens with one attached hydrogen (secondary N) is 3. The first kappa shape index (κ1) is 33.2. The Morgan fingerprint density at radius 2 is 1.78 bits per heavy atom. The summed E-state index contributed by atoms with van der Waals surface area (Å²) < 4.78 is 17.2. The van der Waals surface area contributed by atoms with Crippen LogP contribution in [0.25, 0.3) is 11.1 Å². The fraction of sp³-hybridized carbons (Fsp3) is 0.486. The largest absolute Gasteiger partial charge is 0.493 e. The lowest BCUT2D eigenvalue weighted by atomic mass is 9.95. The second-order valence-corrected chi connectivity index (χ2v) is 13.1. The summed E-state index contributed by atoms with van der Waals surface area (Å²) in [6.45, 7) is 5.48. The maximum Gasteiger partial charge on any atom is 0.248 e. The van der Waals surface area contributed by atoms with Crippen LogP contribution in [0.3, 0.4) is 0 Å². The lowest BCUT2D eigenvalue weighted by molar-refractivity contribution is -0.120. The molecule has 11 heteroatoms. The number of nitrogens with zero attached hydrogens (tertiary/aromatic N) is 1. The van der Waals surface area contributed by atoms with E-state index in [2.05, 4.69) is 16.0 Å². The first-order valence-corrected chi connectivity index (χ1v) is 16.8. The molecule has 0 saturated heterocycles. The molecule has 3 aromatic rings. The van der Waals surface area contributed by atoms with Crippen molar-refractivity contribution in [3.05, 3.63) is 56.2 Å². The molecule has 2 amide bonds. The molecular formula is C35H44N4O6S. The van der Waals surface area contributed by atoms with Gasteiger partial charge in [0.05, 0.1) is 38.8 Å². The van der Waals surface area contributed by atoms with E-state index >= 15 is 0 Å². The van der Waals surface area contributed by atoms with Crippen molar-refractivity contribution in [2.24, 2.45) is 5.92 Å². The predicted molar refractivity (Wildman–Crippen MR) is 182 cm³/mol. The number of methoxy groups -OCH3 is 3. The second kappa shape index (κ2) is 14.5. The summed E-state index contributed by atoms with van der Waals surface area (Å²) >= 11 is 1.55. The highest BCUT2D eigenvalue weighted by Crippen LogP contribution is 2.50. The smallest absolute Gasteiger partial charge is 0.248 e. The average molecular weight is 649 g/mol. The molecule has 5 rings (SSSR count). The van der Waals surface area contributed by atoms with Crippen LogP contribution in [0, 0.1) is 5.92 Å². The van der Waals surface area contributed by atoms with Crippen molar-refractivity contribution >= 4 is 34.0 Å². The van der Waals surface area contributed by atoms with Gasteiger partial charge in [-0.15, -0.1) is 11.3 Å². The van der Waals surface area contributed by atoms with Crippen molar-refractivity contribution < 1.29 is 23.8 Å². The van der Waals surface area contributed by atoms with Crippen LogP contribution < -0.4 is 35.6 Å². The standard InChI is InChI=1S/C35H44N4O6S/c1-7-19(2)31(34(42)39-35-38-26-11-9-8-10-12-29(26)46-35)37-25-16-14-22-23(18-27(25)41)24(36-20(3)40)15-13-21-17-28(43-4)32(44-5)33(45-6)30(21)22/h14,16-19,24,31H,7-13,15H2,1-6H3,(H,36,40)(H,37,41)(H,38,39,42)/t19-,24-,31-/m0/s1. The fourth-order valence-electron chi connectivity index (χ4n) is 6.46. The van der Waals surface area contributed by atoms with Gasteiger partial charge in [0.2, 0.25) is 23.0 Å². The Bertz CT molecular complexity index is 1650. The van der Waals surface area contributed by atoms with Gasteiger partial charge >= 0.3 is 0 Å². The summed E-state index contributed by atoms with van der Waals surface area (Å²) in [5.74, 6) is 0.940. The molecule has 0 fully saturated rings. The van der Waals surface area contributed by atoms with Crippen LogP contribution in [0.1, 0.15) is 80.6 Å². The van der Waals surface area contributed by atoms with Crippen LogP contribution in [0.5, 0.6) is 17.2 Å². The summed E-state index contributed by atoms with van der Waals surface area (Å²) in [5.41, 5.74) is 4.17. The molecule has 0 aliphatic heterocycles. The van der Waals surface area contributed by atoms with E-state index in [0.717, 1.165) is 54.5 Å². The predicted octanol–water partition coefficient (Wildman–Crippen LogP) is 6.05. The Labute approximate surface area is 274 Å². The Morgan fingerprint density at radius 1 is 1.02 bits per heavy atom. The summed E-state index contributed by atoms with van der Waals surface area (Å²) in [7, 11) is 4.69. The van der Waals surface area contributed by atoms with Crippen LogP contribution in [0.15, 0.2) is 29.1 Å². The maximum atomic E-state index is 13.9. The number of fused-ring (bicyclic) bond motifs is 4. The Morgan fingerprint density at radius 3 is 2.48 bits per heavy atom. The number of hydrogen-bond donors (Lipinski definition) is 3. The summed E-state index contributed by atoms with van der Waals surface area (Å²) in [6.07, 6.45) is 7.26. The van der Waals surface area contributed by atoms with E-state index in [1.807, 2.05) is 26.0 Å². The molecule has 46 heavy (non-hydrogen) atoms. The van der Waals surface area contributed by atoms with Gasteiger partial charge in [0.15, 0.2) is 16.6 Å². The van der Waals surface area contributed by atoms with Gasteiger partial charge in [0, 0.05) is 17.4 Å². The number of amides is 2. The Hall–Kier alpha value is -4.12. The van der Waals surface area contributed by atoms with Gasteiger partial charge in [0.1, 0.15) is 6.04 Å². The molecule has 3 atom stereocenters. The molecule has 0 radical (unpaired) electrons. The summed E-state index contributed by atoms with van der Waals surface area (Å²) in [4.78, 5) is 46.0. The summed E-state index contributed by atoms with van der Waals surface area (Å²) in [5, 5.41) is 9.96. The monoisotopic (exact) mass is 648 g/mol. The normalized spacial score (nSPS) is 16.7. The van der Waals surface area contributed by atoms with E-state index in [9.17, 15) is 14.4 Å². The Balaban J connectivity index is 1.57. The van der Waals surface area contributed by atoms with Crippen LogP contribution in [-0.4, -0.2) is 44.2 Å². The number of aromatic nitrogens is 1. The van der Waals surface area contributed by atoms with E-state index in [-0.39, 0.29) is 28.8 Å². The summed E-state index contributed by atoms with van der Waals surface area (Å²) in [6, 6.07) is 5.95. The molecule has 246 valence electrons. The maximum absolute atomic E-state index is 13.9. The van der Waals surface area contributed by atoms with Crippen LogP contribution in [0.2, 0.25) is 0 Å². The third kappa shape index (κ3) is 6.84. The number of ether oxygens (including phenoxy) is 3. The molecule has 0 saturated carbocycles. The molecule has 1 heterocycles. The molecule has 0 unspecified atom stereocenters. The van der Waals surface area contributed by atoms with Crippen molar-refractivity contribution in [1.29, 1.82) is 0 Å². The zero-order valence-electron chi connectivity index (χ0n) is 27.5. The number of anilines is 2. The molecule has 10 nitrogen and oxygen atoms in total. The number of hydrogen-bond acceptors (Lipinski definition) is 9. The van der Waals surface area contributed by atoms with Gasteiger partial charge in [-0.25, -0.2) is 4.98 Å². The first-order chi connectivity index (χ1) is 22.2. The quantitative estimate of drug-likeness (QED) is 0.227. The van der Waals surface area contributed by atoms with Gasteiger partial charge in [0.25, 0.3) is 0 Å². The topological polar surface area (TPSA) is 128 Å². The molecular weight excluding hydrogens is 604 g/mol. The molecule has 2 aliphatic carbocycles. The fourth-order valence-corrected chi connectivity index (χ4v) is 7.51. The first-order valence-electron chi connectivity index (χ1n) is 16.0. The molecule has 1 aromatic heterocycles. The number of thiazole rings is 1. The van der Waals surface area contributed by atoms with Crippen molar-refractivity contribution in [2.45, 2.75) is 84.2 Å². The minimum atomic E-state index is -0.680. The number of aryl methyl sites for hydroxylation is 3. The van der Waals surface area contributed by atoms with Crippen molar-refractivity contribution in [3.8, 4) is 28.4 Å². The molecule has 3 N–H and O–H groups in total. The van der Waals surface area contributed by atoms with Crippen LogP contribution in [0.4, 0.5) is 10.8 Å². The Kier molecular flexibility index (Phi) is 10.5. The second-order valence-electron chi connectivity index (χ2n) is 12.0. The van der Waals surface area contributed by atoms with E-state index < -0.39 is 12.1 Å². The third-order valence-electron chi connectivity index (χ3n) is 9.05. The minimum absolute atomic E-state index is 0.0785. The third-order valence-corrected chi connectivity index (χ3v) is 10.1. The average Bonchev–Trinajstić information content (AvgIpc) is 3.14. The number of benzene rings is 1. The van der Waals surface area contributed by atoms with Crippen molar-refractivity contribution in [3.63, 3.8) is 0 Å². The number of carbonyl (C=O) groups excluding carboxylic acids is 2. The van der Waals surface area contributed by atoms with Gasteiger partial charge in [-0.2, -0.15) is 0 Å². The van der Waals surface area contributed by atoms with E-state index in [1.54, 1.807) is 44.8 Å².